The first kappa shape index (κ1) is 15.7. The van der Waals surface area contributed by atoms with E-state index in [1.165, 1.54) is 18.0 Å². The van der Waals surface area contributed by atoms with Crippen molar-refractivity contribution in [2.75, 3.05) is 25.1 Å². The average Bonchev–Trinajstić information content (AvgIpc) is 3.21. The normalized spacial score (nSPS) is 18.4. The number of hydrogen-bond acceptors (Lipinski definition) is 7. The molecule has 23 heavy (non-hydrogen) atoms. The summed E-state index contributed by atoms with van der Waals surface area (Å²) in [5, 5.41) is 7.93. The molecule has 0 bridgehead atoms. The number of ether oxygens (including phenoxy) is 1. The lowest BCUT2D eigenvalue weighted by atomic mass is 10.3. The quantitative estimate of drug-likeness (QED) is 0.791. The minimum Gasteiger partial charge on any atom is -0.464 e. The molecule has 11 heteroatoms. The van der Waals surface area contributed by atoms with E-state index in [0.717, 1.165) is 6.20 Å². The van der Waals surface area contributed by atoms with E-state index < -0.39 is 17.0 Å². The molecule has 7 nitrogen and oxygen atoms in total. The maximum Gasteiger partial charge on any atom is 0.427 e. The summed E-state index contributed by atoms with van der Waals surface area (Å²) in [6, 6.07) is -0.0841. The number of methoxy groups -OCH3 is 1. The number of carbonyl (C=O) groups is 1. The van der Waals surface area contributed by atoms with Gasteiger partial charge in [-0.3, -0.25) is 0 Å². The molecule has 0 saturated carbocycles. The monoisotopic (exact) mass is 347 g/mol. The van der Waals surface area contributed by atoms with Crippen LogP contribution in [0.1, 0.15) is 27.8 Å². The topological polar surface area (TPSA) is 73.1 Å². The number of halogens is 3. The van der Waals surface area contributed by atoms with Crippen molar-refractivity contribution in [1.29, 1.82) is 0 Å². The third-order valence-corrected chi connectivity index (χ3v) is 4.59. The van der Waals surface area contributed by atoms with E-state index in [1.54, 1.807) is 4.90 Å². The molecule has 0 N–H and O–H groups in total. The molecule has 1 aliphatic rings. The van der Waals surface area contributed by atoms with Gasteiger partial charge in [0, 0.05) is 13.1 Å². The standard InChI is InChI=1S/C12H12F3N5O2S/c1-22-10(21)8-6-20(18-17-8)7-2-3-19(5-7)11-16-4-9(23-11)12(13,14)15/h4,6-7H,2-3,5H2,1H3. The molecule has 0 spiro atoms. The highest BCUT2D eigenvalue weighted by atomic mass is 32.1. The Hall–Kier alpha value is -2.17. The molecule has 3 heterocycles. The van der Waals surface area contributed by atoms with Crippen LogP contribution in [-0.4, -0.2) is 46.1 Å². The molecule has 1 fully saturated rings. The maximum atomic E-state index is 12.6. The van der Waals surface area contributed by atoms with Gasteiger partial charge in [-0.25, -0.2) is 14.5 Å². The number of alkyl halides is 3. The Balaban J connectivity index is 1.70. The van der Waals surface area contributed by atoms with E-state index in [-0.39, 0.29) is 11.7 Å². The molecule has 0 aliphatic carbocycles. The van der Waals surface area contributed by atoms with E-state index in [2.05, 4.69) is 20.0 Å². The summed E-state index contributed by atoms with van der Waals surface area (Å²) >= 11 is 0.618. The van der Waals surface area contributed by atoms with E-state index in [1.807, 2.05) is 0 Å². The Morgan fingerprint density at radius 1 is 1.48 bits per heavy atom. The van der Waals surface area contributed by atoms with Crippen LogP contribution in [0.25, 0.3) is 0 Å². The fourth-order valence-electron chi connectivity index (χ4n) is 2.33. The zero-order valence-electron chi connectivity index (χ0n) is 11.9. The third-order valence-electron chi connectivity index (χ3n) is 3.49. The van der Waals surface area contributed by atoms with Crippen molar-refractivity contribution in [3.8, 4) is 0 Å². The van der Waals surface area contributed by atoms with E-state index in [4.69, 9.17) is 0 Å². The Morgan fingerprint density at radius 2 is 2.26 bits per heavy atom. The molecule has 3 rings (SSSR count). The molecule has 2 aromatic heterocycles. The van der Waals surface area contributed by atoms with Crippen LogP contribution < -0.4 is 4.90 Å². The van der Waals surface area contributed by atoms with E-state index >= 15 is 0 Å². The summed E-state index contributed by atoms with van der Waals surface area (Å²) in [4.78, 5) is 16.3. The first-order valence-corrected chi connectivity index (χ1v) is 7.48. The van der Waals surface area contributed by atoms with Crippen molar-refractivity contribution in [2.45, 2.75) is 18.6 Å². The Morgan fingerprint density at radius 3 is 2.91 bits per heavy atom. The van der Waals surface area contributed by atoms with E-state index in [0.29, 0.717) is 36.0 Å². The SMILES string of the molecule is COC(=O)c1cn(C2CCN(c3ncc(C(F)(F)F)s3)C2)nn1. The smallest absolute Gasteiger partial charge is 0.427 e. The Kier molecular flexibility index (Phi) is 3.96. The van der Waals surface area contributed by atoms with Gasteiger partial charge >= 0.3 is 12.1 Å². The highest BCUT2D eigenvalue weighted by Crippen LogP contribution is 2.37. The average molecular weight is 347 g/mol. The maximum absolute atomic E-state index is 12.6. The third kappa shape index (κ3) is 3.14. The van der Waals surface area contributed by atoms with Gasteiger partial charge in [0.15, 0.2) is 10.8 Å². The fraction of sp³-hybridized carbons (Fsp3) is 0.500. The molecule has 0 radical (unpaired) electrons. The van der Waals surface area contributed by atoms with Gasteiger partial charge in [0.1, 0.15) is 4.88 Å². The number of anilines is 1. The van der Waals surface area contributed by atoms with Crippen LogP contribution in [0.2, 0.25) is 0 Å². The number of thiazole rings is 1. The van der Waals surface area contributed by atoms with Crippen molar-refractivity contribution in [3.63, 3.8) is 0 Å². The van der Waals surface area contributed by atoms with Gasteiger partial charge in [-0.2, -0.15) is 13.2 Å². The summed E-state index contributed by atoms with van der Waals surface area (Å²) in [7, 11) is 1.25. The number of nitrogens with zero attached hydrogens (tertiary/aromatic N) is 5. The summed E-state index contributed by atoms with van der Waals surface area (Å²) in [6.45, 7) is 1.01. The van der Waals surface area contributed by atoms with E-state index in [9.17, 15) is 18.0 Å². The van der Waals surface area contributed by atoms with Gasteiger partial charge in [0.2, 0.25) is 0 Å². The van der Waals surface area contributed by atoms with Crippen molar-refractivity contribution in [1.82, 2.24) is 20.0 Å². The van der Waals surface area contributed by atoms with Gasteiger partial charge in [0.05, 0.1) is 25.5 Å². The zero-order chi connectivity index (χ0) is 16.6. The largest absolute Gasteiger partial charge is 0.464 e. The molecule has 0 amide bonds. The lowest BCUT2D eigenvalue weighted by molar-refractivity contribution is -0.134. The first-order valence-electron chi connectivity index (χ1n) is 6.66. The minimum atomic E-state index is -4.38. The van der Waals surface area contributed by atoms with Crippen molar-refractivity contribution < 1.29 is 22.7 Å². The molecule has 0 aromatic carbocycles. The lowest BCUT2D eigenvalue weighted by Gasteiger charge is -2.14. The molecule has 124 valence electrons. The molecule has 1 unspecified atom stereocenters. The number of carbonyl (C=O) groups excluding carboxylic acids is 1. The van der Waals surface area contributed by atoms with Gasteiger partial charge in [-0.1, -0.05) is 16.6 Å². The Bertz CT molecular complexity index is 714. The fourth-order valence-corrected chi connectivity index (χ4v) is 3.15. The predicted octanol–water partition coefficient (Wildman–Crippen LogP) is 1.99. The van der Waals surface area contributed by atoms with Gasteiger partial charge in [-0.15, -0.1) is 5.10 Å². The summed E-state index contributed by atoms with van der Waals surface area (Å²) < 4.78 is 44.0. The summed E-state index contributed by atoms with van der Waals surface area (Å²) in [5.41, 5.74) is 0.0968. The van der Waals surface area contributed by atoms with Gasteiger partial charge < -0.3 is 9.64 Å². The van der Waals surface area contributed by atoms with Crippen LogP contribution in [0.4, 0.5) is 18.3 Å². The second kappa shape index (κ2) is 5.80. The predicted molar refractivity (Wildman–Crippen MR) is 74.3 cm³/mol. The first-order chi connectivity index (χ1) is 10.9. The Labute approximate surface area is 132 Å². The lowest BCUT2D eigenvalue weighted by Crippen LogP contribution is -2.20. The molecule has 1 aliphatic heterocycles. The molecule has 1 saturated heterocycles. The second-order valence-electron chi connectivity index (χ2n) is 4.97. The molecule has 1 atom stereocenters. The second-order valence-corrected chi connectivity index (χ2v) is 5.98. The summed E-state index contributed by atoms with van der Waals surface area (Å²) in [6.07, 6.45) is -1.39. The number of aromatic nitrogens is 4. The molecular formula is C12H12F3N5O2S. The van der Waals surface area contributed by atoms with Crippen molar-refractivity contribution in [2.24, 2.45) is 0 Å². The van der Waals surface area contributed by atoms with Crippen LogP contribution in [0.5, 0.6) is 0 Å². The van der Waals surface area contributed by atoms with Gasteiger partial charge in [-0.05, 0) is 6.42 Å². The van der Waals surface area contributed by atoms with Crippen LogP contribution in [0, 0.1) is 0 Å². The van der Waals surface area contributed by atoms with Crippen LogP contribution >= 0.6 is 11.3 Å². The van der Waals surface area contributed by atoms with Crippen LogP contribution in [0.15, 0.2) is 12.4 Å². The highest BCUT2D eigenvalue weighted by Gasteiger charge is 2.35. The van der Waals surface area contributed by atoms with Crippen LogP contribution in [-0.2, 0) is 10.9 Å². The number of hydrogen-bond donors (Lipinski definition) is 0. The van der Waals surface area contributed by atoms with Gasteiger partial charge in [0.25, 0.3) is 0 Å². The highest BCUT2D eigenvalue weighted by molar-refractivity contribution is 7.15. The molecule has 2 aromatic rings. The molecular weight excluding hydrogens is 335 g/mol. The number of rotatable bonds is 3. The minimum absolute atomic E-state index is 0.0841. The summed E-state index contributed by atoms with van der Waals surface area (Å²) in [5.74, 6) is -0.583. The number of esters is 1. The van der Waals surface area contributed by atoms with Crippen molar-refractivity contribution in [3.05, 3.63) is 23.0 Å². The van der Waals surface area contributed by atoms with Crippen LogP contribution in [0.3, 0.4) is 0 Å². The van der Waals surface area contributed by atoms with Crippen molar-refractivity contribution >= 4 is 22.4 Å². The zero-order valence-corrected chi connectivity index (χ0v) is 12.8.